The number of ketones is 3. The van der Waals surface area contributed by atoms with Crippen LogP contribution in [-0.4, -0.2) is 32.3 Å². The van der Waals surface area contributed by atoms with Gasteiger partial charge in [-0.15, -0.1) is 15.0 Å². The maximum atomic E-state index is 12.9. The van der Waals surface area contributed by atoms with Gasteiger partial charge in [-0.1, -0.05) is 91.0 Å². The Kier molecular flexibility index (Phi) is 9.42. The summed E-state index contributed by atoms with van der Waals surface area (Å²) in [5.74, 6) is 0.700. The second-order valence-corrected chi connectivity index (χ2v) is 11.1. The molecule has 9 heteroatoms. The summed E-state index contributed by atoms with van der Waals surface area (Å²) in [7, 11) is 0. The summed E-state index contributed by atoms with van der Waals surface area (Å²) >= 11 is 0. The lowest BCUT2D eigenvalue weighted by Gasteiger charge is -2.10. The van der Waals surface area contributed by atoms with Gasteiger partial charge in [-0.2, -0.15) is 0 Å². The zero-order valence-corrected chi connectivity index (χ0v) is 26.9. The molecule has 0 aliphatic rings. The van der Waals surface area contributed by atoms with Gasteiger partial charge >= 0.3 is 18.0 Å². The van der Waals surface area contributed by atoms with Gasteiger partial charge < -0.3 is 14.2 Å². The fraction of sp³-hybridized carbons (Fsp3) is 0. The number of hydrogen-bond acceptors (Lipinski definition) is 9. The van der Waals surface area contributed by atoms with Gasteiger partial charge in [0.2, 0.25) is 0 Å². The van der Waals surface area contributed by atoms with E-state index in [9.17, 15) is 14.4 Å². The Morgan fingerprint density at radius 3 is 0.745 bits per heavy atom. The summed E-state index contributed by atoms with van der Waals surface area (Å²) in [4.78, 5) is 51.6. The normalized spacial score (nSPS) is 10.6. The van der Waals surface area contributed by atoms with Gasteiger partial charge in [0, 0.05) is 33.4 Å². The second kappa shape index (κ2) is 14.9. The van der Waals surface area contributed by atoms with E-state index in [2.05, 4.69) is 15.0 Å². The van der Waals surface area contributed by atoms with Gasteiger partial charge in [0.05, 0.1) is 0 Å². The minimum absolute atomic E-state index is 0.123. The summed E-state index contributed by atoms with van der Waals surface area (Å²) in [6.07, 6.45) is 0. The molecule has 1 heterocycles. The van der Waals surface area contributed by atoms with Gasteiger partial charge in [-0.25, -0.2) is 0 Å². The predicted molar refractivity (Wildman–Crippen MR) is 189 cm³/mol. The molecule has 0 aliphatic carbocycles. The Morgan fingerprint density at radius 2 is 0.510 bits per heavy atom. The Morgan fingerprint density at radius 1 is 0.294 bits per heavy atom. The van der Waals surface area contributed by atoms with Crippen LogP contribution in [0.2, 0.25) is 0 Å². The molecule has 6 aromatic carbocycles. The molecular weight excluding hydrogens is 642 g/mol. The van der Waals surface area contributed by atoms with Crippen LogP contribution in [0.15, 0.2) is 164 Å². The highest BCUT2D eigenvalue weighted by molar-refractivity contribution is 6.10. The fourth-order valence-corrected chi connectivity index (χ4v) is 5.07. The summed E-state index contributed by atoms with van der Waals surface area (Å²) < 4.78 is 17.9. The SMILES string of the molecule is O=C(c1ccccc1)c1ccc(Oc2nc(Oc3ccc(C(=O)c4ccccc4)cc3)nc(Oc3ccc(C(=O)c4ccccc4)cc3)n2)cc1. The lowest BCUT2D eigenvalue weighted by atomic mass is 10.0. The molecule has 1 aromatic heterocycles. The fourth-order valence-electron chi connectivity index (χ4n) is 5.07. The molecule has 7 rings (SSSR count). The van der Waals surface area contributed by atoms with Crippen molar-refractivity contribution in [1.82, 2.24) is 15.0 Å². The molecule has 0 radical (unpaired) electrons. The largest absolute Gasteiger partial charge is 0.424 e. The first-order chi connectivity index (χ1) is 25.0. The molecule has 0 amide bonds. The van der Waals surface area contributed by atoms with Crippen molar-refractivity contribution in [1.29, 1.82) is 0 Å². The van der Waals surface area contributed by atoms with Crippen molar-refractivity contribution in [3.63, 3.8) is 0 Å². The van der Waals surface area contributed by atoms with Crippen molar-refractivity contribution in [2.75, 3.05) is 0 Å². The lowest BCUT2D eigenvalue weighted by Crippen LogP contribution is -2.03. The molecule has 0 atom stereocenters. The van der Waals surface area contributed by atoms with E-state index in [0.29, 0.717) is 50.6 Å². The van der Waals surface area contributed by atoms with Gasteiger partial charge in [0.15, 0.2) is 17.3 Å². The highest BCUT2D eigenvalue weighted by Crippen LogP contribution is 2.28. The first kappa shape index (κ1) is 32.3. The maximum absolute atomic E-state index is 12.9. The molecular formula is C42H27N3O6. The van der Waals surface area contributed by atoms with Crippen LogP contribution in [0.5, 0.6) is 35.3 Å². The minimum atomic E-state index is -0.135. The van der Waals surface area contributed by atoms with E-state index in [-0.39, 0.29) is 35.4 Å². The van der Waals surface area contributed by atoms with Gasteiger partial charge in [0.25, 0.3) is 0 Å². The third-order valence-corrected chi connectivity index (χ3v) is 7.66. The Bertz CT molecular complexity index is 2020. The number of hydrogen-bond donors (Lipinski definition) is 0. The first-order valence-electron chi connectivity index (χ1n) is 15.9. The molecule has 0 saturated heterocycles. The average molecular weight is 670 g/mol. The third kappa shape index (κ3) is 7.90. The zero-order valence-electron chi connectivity index (χ0n) is 26.9. The Hall–Kier alpha value is -7.26. The van der Waals surface area contributed by atoms with Crippen LogP contribution >= 0.6 is 0 Å². The number of aromatic nitrogens is 3. The Labute approximate surface area is 292 Å². The van der Waals surface area contributed by atoms with Crippen molar-refractivity contribution in [3.05, 3.63) is 197 Å². The predicted octanol–water partition coefficient (Wildman–Crippen LogP) is 8.94. The van der Waals surface area contributed by atoms with Crippen molar-refractivity contribution in [3.8, 4) is 35.3 Å². The number of ether oxygens (including phenoxy) is 3. The molecule has 0 fully saturated rings. The van der Waals surface area contributed by atoms with Gasteiger partial charge in [-0.05, 0) is 72.8 Å². The Balaban J connectivity index is 1.13. The highest BCUT2D eigenvalue weighted by Gasteiger charge is 2.16. The molecule has 246 valence electrons. The average Bonchev–Trinajstić information content (AvgIpc) is 3.19. The van der Waals surface area contributed by atoms with Crippen LogP contribution in [0.25, 0.3) is 0 Å². The topological polar surface area (TPSA) is 118 Å². The van der Waals surface area contributed by atoms with E-state index in [4.69, 9.17) is 14.2 Å². The minimum Gasteiger partial charge on any atom is -0.424 e. The third-order valence-electron chi connectivity index (χ3n) is 7.66. The molecule has 0 saturated carbocycles. The van der Waals surface area contributed by atoms with Crippen LogP contribution in [0.1, 0.15) is 47.8 Å². The van der Waals surface area contributed by atoms with E-state index in [0.717, 1.165) is 0 Å². The van der Waals surface area contributed by atoms with E-state index in [1.807, 2.05) is 54.6 Å². The summed E-state index contributed by atoms with van der Waals surface area (Å²) in [6.45, 7) is 0. The molecule has 0 bridgehead atoms. The van der Waals surface area contributed by atoms with Crippen LogP contribution in [0.4, 0.5) is 0 Å². The number of nitrogens with zero attached hydrogens (tertiary/aromatic N) is 3. The molecule has 0 aliphatic heterocycles. The zero-order chi connectivity index (χ0) is 35.0. The van der Waals surface area contributed by atoms with Crippen molar-refractivity contribution in [2.45, 2.75) is 0 Å². The van der Waals surface area contributed by atoms with Gasteiger partial charge in [0.1, 0.15) is 17.2 Å². The smallest absolute Gasteiger partial charge is 0.331 e. The van der Waals surface area contributed by atoms with Gasteiger partial charge in [-0.3, -0.25) is 14.4 Å². The lowest BCUT2D eigenvalue weighted by molar-refractivity contribution is 0.103. The van der Waals surface area contributed by atoms with Crippen LogP contribution in [-0.2, 0) is 0 Å². The summed E-state index contributed by atoms with van der Waals surface area (Å²) in [6, 6.07) is 46.2. The number of carbonyl (C=O) groups is 3. The summed E-state index contributed by atoms with van der Waals surface area (Å²) in [5.41, 5.74) is 3.17. The van der Waals surface area contributed by atoms with Crippen molar-refractivity contribution < 1.29 is 28.6 Å². The van der Waals surface area contributed by atoms with Crippen LogP contribution in [0.3, 0.4) is 0 Å². The van der Waals surface area contributed by atoms with E-state index >= 15 is 0 Å². The molecule has 0 spiro atoms. The molecule has 7 aromatic rings. The quantitative estimate of drug-likeness (QED) is 0.118. The molecule has 0 unspecified atom stereocenters. The highest BCUT2D eigenvalue weighted by atomic mass is 16.5. The van der Waals surface area contributed by atoms with Crippen LogP contribution in [0, 0.1) is 0 Å². The second-order valence-electron chi connectivity index (χ2n) is 11.1. The monoisotopic (exact) mass is 669 g/mol. The molecule has 9 nitrogen and oxygen atoms in total. The van der Waals surface area contributed by atoms with E-state index < -0.39 is 0 Å². The molecule has 0 N–H and O–H groups in total. The number of carbonyl (C=O) groups excluding carboxylic acids is 3. The number of rotatable bonds is 12. The standard InChI is InChI=1S/C42H27N3O6/c46-37(28-10-4-1-5-11-28)31-16-22-34(23-17-31)49-40-43-41(50-35-24-18-32(19-25-35)38(47)29-12-6-2-7-13-29)45-42(44-40)51-36-26-20-33(21-27-36)39(48)30-14-8-3-9-15-30/h1-27H. The maximum Gasteiger partial charge on any atom is 0.331 e. The van der Waals surface area contributed by atoms with E-state index in [1.54, 1.807) is 109 Å². The van der Waals surface area contributed by atoms with Crippen molar-refractivity contribution >= 4 is 17.3 Å². The van der Waals surface area contributed by atoms with Crippen molar-refractivity contribution in [2.24, 2.45) is 0 Å². The van der Waals surface area contributed by atoms with E-state index in [1.165, 1.54) is 0 Å². The molecule has 51 heavy (non-hydrogen) atoms. The number of benzene rings is 6. The van der Waals surface area contributed by atoms with Crippen LogP contribution < -0.4 is 14.2 Å². The first-order valence-corrected chi connectivity index (χ1v) is 15.9. The summed E-state index contributed by atoms with van der Waals surface area (Å²) in [5, 5.41) is 0.